The van der Waals surface area contributed by atoms with Crippen molar-refractivity contribution in [3.8, 4) is 0 Å². The average molecular weight is 290 g/mol. The molecule has 112 valence electrons. The van der Waals surface area contributed by atoms with E-state index in [0.29, 0.717) is 18.5 Å². The minimum atomic E-state index is -0.268. The first-order valence-electron chi connectivity index (χ1n) is 6.96. The van der Waals surface area contributed by atoms with Gasteiger partial charge in [-0.05, 0) is 43.2 Å². The van der Waals surface area contributed by atoms with Crippen LogP contribution in [0.1, 0.15) is 18.1 Å². The van der Waals surface area contributed by atoms with Crippen LogP contribution in [0.2, 0.25) is 0 Å². The molecule has 0 radical (unpaired) electrons. The molecule has 0 bridgehead atoms. The normalized spacial score (nSPS) is 12.2. The van der Waals surface area contributed by atoms with Crippen LogP contribution in [0, 0.1) is 11.6 Å². The SMILES string of the molecule is CC(N)Cc1c(F)cccc1N(C)Cc1cccc(F)c1. The summed E-state index contributed by atoms with van der Waals surface area (Å²) in [5.41, 5.74) is 8.03. The zero-order valence-electron chi connectivity index (χ0n) is 12.3. The number of nitrogens with zero attached hydrogens (tertiary/aromatic N) is 1. The van der Waals surface area contributed by atoms with Gasteiger partial charge in [-0.15, -0.1) is 0 Å². The highest BCUT2D eigenvalue weighted by molar-refractivity contribution is 5.54. The van der Waals surface area contributed by atoms with E-state index in [1.165, 1.54) is 18.2 Å². The van der Waals surface area contributed by atoms with Crippen molar-refractivity contribution in [3.05, 3.63) is 65.2 Å². The second kappa shape index (κ2) is 6.68. The molecule has 2 rings (SSSR count). The van der Waals surface area contributed by atoms with Crippen LogP contribution < -0.4 is 10.6 Å². The van der Waals surface area contributed by atoms with E-state index in [2.05, 4.69) is 0 Å². The Kier molecular flexibility index (Phi) is 4.91. The van der Waals surface area contributed by atoms with Crippen molar-refractivity contribution in [2.24, 2.45) is 5.73 Å². The minimum Gasteiger partial charge on any atom is -0.370 e. The van der Waals surface area contributed by atoms with E-state index >= 15 is 0 Å². The van der Waals surface area contributed by atoms with Gasteiger partial charge in [0.2, 0.25) is 0 Å². The van der Waals surface area contributed by atoms with Gasteiger partial charge in [0.15, 0.2) is 0 Å². The van der Waals surface area contributed by atoms with E-state index in [4.69, 9.17) is 5.73 Å². The zero-order chi connectivity index (χ0) is 15.4. The molecule has 0 fully saturated rings. The summed E-state index contributed by atoms with van der Waals surface area (Å²) in [5, 5.41) is 0. The monoisotopic (exact) mass is 290 g/mol. The summed E-state index contributed by atoms with van der Waals surface area (Å²) >= 11 is 0. The third-order valence-electron chi connectivity index (χ3n) is 3.34. The fourth-order valence-electron chi connectivity index (χ4n) is 2.42. The molecular formula is C17H20F2N2. The van der Waals surface area contributed by atoms with Crippen molar-refractivity contribution in [2.75, 3.05) is 11.9 Å². The van der Waals surface area contributed by atoms with Gasteiger partial charge < -0.3 is 10.6 Å². The first kappa shape index (κ1) is 15.4. The van der Waals surface area contributed by atoms with Crippen molar-refractivity contribution in [1.29, 1.82) is 0 Å². The van der Waals surface area contributed by atoms with Gasteiger partial charge in [-0.2, -0.15) is 0 Å². The van der Waals surface area contributed by atoms with Gasteiger partial charge in [-0.1, -0.05) is 18.2 Å². The van der Waals surface area contributed by atoms with Gasteiger partial charge in [-0.3, -0.25) is 0 Å². The van der Waals surface area contributed by atoms with Crippen molar-refractivity contribution in [3.63, 3.8) is 0 Å². The molecule has 0 saturated carbocycles. The largest absolute Gasteiger partial charge is 0.370 e. The Morgan fingerprint density at radius 2 is 1.86 bits per heavy atom. The molecular weight excluding hydrogens is 270 g/mol. The highest BCUT2D eigenvalue weighted by Gasteiger charge is 2.14. The van der Waals surface area contributed by atoms with E-state index in [1.807, 2.05) is 31.0 Å². The minimum absolute atomic E-state index is 0.122. The number of nitrogens with two attached hydrogens (primary N) is 1. The topological polar surface area (TPSA) is 29.3 Å². The number of hydrogen-bond donors (Lipinski definition) is 1. The molecule has 2 aromatic carbocycles. The van der Waals surface area contributed by atoms with Gasteiger partial charge >= 0.3 is 0 Å². The maximum absolute atomic E-state index is 14.0. The Morgan fingerprint density at radius 1 is 1.14 bits per heavy atom. The molecule has 0 aromatic heterocycles. The lowest BCUT2D eigenvalue weighted by Crippen LogP contribution is -2.23. The summed E-state index contributed by atoms with van der Waals surface area (Å²) in [7, 11) is 1.87. The number of halogens is 2. The molecule has 0 aliphatic carbocycles. The van der Waals surface area contributed by atoms with E-state index in [0.717, 1.165) is 11.3 Å². The summed E-state index contributed by atoms with van der Waals surface area (Å²) in [6.45, 7) is 2.36. The number of hydrogen-bond acceptors (Lipinski definition) is 2. The van der Waals surface area contributed by atoms with E-state index in [1.54, 1.807) is 12.1 Å². The summed E-state index contributed by atoms with van der Waals surface area (Å²) in [6.07, 6.45) is 0.468. The fraction of sp³-hybridized carbons (Fsp3) is 0.294. The van der Waals surface area contributed by atoms with Crippen LogP contribution >= 0.6 is 0 Å². The average Bonchev–Trinajstić information content (AvgIpc) is 2.40. The van der Waals surface area contributed by atoms with Crippen LogP contribution in [0.4, 0.5) is 14.5 Å². The van der Waals surface area contributed by atoms with Crippen LogP contribution in [0.5, 0.6) is 0 Å². The molecule has 1 unspecified atom stereocenters. The molecule has 0 amide bonds. The van der Waals surface area contributed by atoms with Gasteiger partial charge in [-0.25, -0.2) is 8.78 Å². The number of anilines is 1. The smallest absolute Gasteiger partial charge is 0.128 e. The predicted octanol–water partition coefficient (Wildman–Crippen LogP) is 3.49. The van der Waals surface area contributed by atoms with Crippen LogP contribution in [-0.4, -0.2) is 13.1 Å². The lowest BCUT2D eigenvalue weighted by atomic mass is 10.0. The van der Waals surface area contributed by atoms with E-state index in [9.17, 15) is 8.78 Å². The van der Waals surface area contributed by atoms with Crippen LogP contribution in [-0.2, 0) is 13.0 Å². The van der Waals surface area contributed by atoms with E-state index in [-0.39, 0.29) is 17.7 Å². The van der Waals surface area contributed by atoms with Crippen LogP contribution in [0.25, 0.3) is 0 Å². The molecule has 0 aliphatic heterocycles. The maximum atomic E-state index is 14.0. The van der Waals surface area contributed by atoms with Gasteiger partial charge in [0.1, 0.15) is 11.6 Å². The lowest BCUT2D eigenvalue weighted by molar-refractivity contribution is 0.594. The third kappa shape index (κ3) is 4.02. The predicted molar refractivity (Wildman–Crippen MR) is 82.3 cm³/mol. The fourth-order valence-corrected chi connectivity index (χ4v) is 2.42. The Bertz CT molecular complexity index is 611. The van der Waals surface area contributed by atoms with E-state index < -0.39 is 0 Å². The lowest BCUT2D eigenvalue weighted by Gasteiger charge is -2.23. The van der Waals surface area contributed by atoms with Crippen molar-refractivity contribution >= 4 is 5.69 Å². The van der Waals surface area contributed by atoms with Gasteiger partial charge in [0.25, 0.3) is 0 Å². The second-order valence-corrected chi connectivity index (χ2v) is 5.40. The molecule has 2 N–H and O–H groups in total. The first-order valence-corrected chi connectivity index (χ1v) is 6.96. The zero-order valence-corrected chi connectivity index (χ0v) is 12.3. The maximum Gasteiger partial charge on any atom is 0.128 e. The Balaban J connectivity index is 2.26. The van der Waals surface area contributed by atoms with Crippen molar-refractivity contribution in [1.82, 2.24) is 0 Å². The number of benzene rings is 2. The first-order chi connectivity index (χ1) is 9.97. The molecule has 0 spiro atoms. The summed E-state index contributed by atoms with van der Waals surface area (Å²) in [6, 6.07) is 11.3. The Hall–Kier alpha value is -1.94. The molecule has 1 atom stereocenters. The molecule has 4 heteroatoms. The Labute approximate surface area is 124 Å². The number of rotatable bonds is 5. The van der Waals surface area contributed by atoms with Crippen LogP contribution in [0.3, 0.4) is 0 Å². The summed E-state index contributed by atoms with van der Waals surface area (Å²) in [4.78, 5) is 1.91. The molecule has 2 aromatic rings. The quantitative estimate of drug-likeness (QED) is 0.913. The standard InChI is InChI=1S/C17H20F2N2/c1-12(20)9-15-16(19)7-4-8-17(15)21(2)11-13-5-3-6-14(18)10-13/h3-8,10,12H,9,11,20H2,1-2H3. The summed E-state index contributed by atoms with van der Waals surface area (Å²) in [5.74, 6) is -0.521. The molecule has 2 nitrogen and oxygen atoms in total. The summed E-state index contributed by atoms with van der Waals surface area (Å²) < 4.78 is 27.3. The van der Waals surface area contributed by atoms with Gasteiger partial charge in [0, 0.05) is 30.9 Å². The molecule has 0 heterocycles. The Morgan fingerprint density at radius 3 is 2.52 bits per heavy atom. The van der Waals surface area contributed by atoms with Crippen LogP contribution in [0.15, 0.2) is 42.5 Å². The van der Waals surface area contributed by atoms with Gasteiger partial charge in [0.05, 0.1) is 0 Å². The molecule has 0 saturated heterocycles. The molecule has 21 heavy (non-hydrogen) atoms. The molecule has 0 aliphatic rings. The van der Waals surface area contributed by atoms with Crippen molar-refractivity contribution in [2.45, 2.75) is 25.9 Å². The second-order valence-electron chi connectivity index (χ2n) is 5.40. The highest BCUT2D eigenvalue weighted by Crippen LogP contribution is 2.25. The van der Waals surface area contributed by atoms with Crippen molar-refractivity contribution < 1.29 is 8.78 Å². The third-order valence-corrected chi connectivity index (χ3v) is 3.34. The highest BCUT2D eigenvalue weighted by atomic mass is 19.1.